The van der Waals surface area contributed by atoms with Crippen LogP contribution in [-0.2, 0) is 10.9 Å². The van der Waals surface area contributed by atoms with Gasteiger partial charge in [0.05, 0.1) is 10.9 Å². The van der Waals surface area contributed by atoms with Gasteiger partial charge in [0.2, 0.25) is 0 Å². The van der Waals surface area contributed by atoms with Gasteiger partial charge >= 0.3 is 0 Å². The van der Waals surface area contributed by atoms with Gasteiger partial charge in [0.15, 0.2) is 14.7 Å². The summed E-state index contributed by atoms with van der Waals surface area (Å²) < 4.78 is 6.49. The van der Waals surface area contributed by atoms with Crippen molar-refractivity contribution in [3.05, 3.63) is 84.9 Å². The van der Waals surface area contributed by atoms with Gasteiger partial charge in [-0.15, -0.1) is 0 Å². The molecule has 1 aliphatic carbocycles. The average Bonchev–Trinajstić information content (AvgIpc) is 2.77. The molecule has 1 fully saturated rings. The predicted octanol–water partition coefficient (Wildman–Crippen LogP) is 7.52. The fraction of sp³-hybridized carbons (Fsp3) is 0.333. The van der Waals surface area contributed by atoms with E-state index in [2.05, 4.69) is 98.8 Å². The first-order chi connectivity index (χ1) is 14.1. The number of rotatable bonds is 6. The van der Waals surface area contributed by atoms with Gasteiger partial charge in [-0.2, -0.15) is 0 Å². The highest BCUT2D eigenvalue weighted by Gasteiger charge is 2.33. The van der Waals surface area contributed by atoms with E-state index in [1.165, 1.54) is 46.8 Å². The quantitative estimate of drug-likeness (QED) is 0.387. The second-order valence-corrected chi connectivity index (χ2v) is 10.5. The topological polar surface area (TPSA) is 9.23 Å². The van der Waals surface area contributed by atoms with Crippen LogP contribution in [-0.4, -0.2) is 5.60 Å². The fourth-order valence-corrected chi connectivity index (χ4v) is 6.43. The number of ether oxygens (including phenoxy) is 1. The Morgan fingerprint density at radius 3 is 1.66 bits per heavy atom. The molecule has 0 bridgehead atoms. The smallest absolute Gasteiger partial charge is 0.166 e. The van der Waals surface area contributed by atoms with Gasteiger partial charge in [0, 0.05) is 0 Å². The SMILES string of the molecule is CC(C)(Oc1ccc([S+](c2ccccc2)c2ccccc2)cc1)C1CCCCC1. The third-order valence-corrected chi connectivity index (χ3v) is 8.22. The van der Waals surface area contributed by atoms with Crippen LogP contribution in [0.4, 0.5) is 0 Å². The van der Waals surface area contributed by atoms with Crippen molar-refractivity contribution in [2.24, 2.45) is 5.92 Å². The lowest BCUT2D eigenvalue weighted by atomic mass is 9.79. The van der Waals surface area contributed by atoms with Gasteiger partial charge in [0.25, 0.3) is 0 Å². The van der Waals surface area contributed by atoms with Crippen molar-refractivity contribution in [1.29, 1.82) is 0 Å². The van der Waals surface area contributed by atoms with Crippen molar-refractivity contribution >= 4 is 10.9 Å². The molecule has 29 heavy (non-hydrogen) atoms. The van der Waals surface area contributed by atoms with E-state index in [1.807, 2.05) is 0 Å². The van der Waals surface area contributed by atoms with E-state index >= 15 is 0 Å². The van der Waals surface area contributed by atoms with Crippen molar-refractivity contribution in [3.8, 4) is 5.75 Å². The first-order valence-electron chi connectivity index (χ1n) is 10.8. The lowest BCUT2D eigenvalue weighted by Crippen LogP contribution is -2.38. The molecule has 1 nitrogen and oxygen atoms in total. The molecule has 0 aliphatic heterocycles. The molecule has 1 saturated carbocycles. The number of hydrogen-bond acceptors (Lipinski definition) is 1. The van der Waals surface area contributed by atoms with Crippen LogP contribution in [0.5, 0.6) is 5.75 Å². The standard InChI is InChI=1S/C27H31OS/c1-27(2,22-12-6-3-7-13-22)28-23-18-20-26(21-19-23)29(24-14-8-4-9-15-24)25-16-10-5-11-17-25/h4-5,8-11,14-22H,3,6-7,12-13H2,1-2H3/q+1. The predicted molar refractivity (Wildman–Crippen MR) is 123 cm³/mol. The highest BCUT2D eigenvalue weighted by atomic mass is 32.2. The van der Waals surface area contributed by atoms with Gasteiger partial charge in [-0.25, -0.2) is 0 Å². The second kappa shape index (κ2) is 9.09. The zero-order valence-corrected chi connectivity index (χ0v) is 18.3. The van der Waals surface area contributed by atoms with Crippen LogP contribution >= 0.6 is 0 Å². The monoisotopic (exact) mass is 403 g/mol. The Bertz CT molecular complexity index is 841. The number of benzene rings is 3. The molecule has 0 unspecified atom stereocenters. The Kier molecular flexibility index (Phi) is 6.30. The molecule has 1 aliphatic rings. The van der Waals surface area contributed by atoms with Crippen LogP contribution in [0.3, 0.4) is 0 Å². The molecular formula is C27H31OS+. The minimum Gasteiger partial charge on any atom is -0.488 e. The zero-order chi connectivity index (χ0) is 20.1. The first kappa shape index (κ1) is 20.1. The van der Waals surface area contributed by atoms with Crippen LogP contribution in [0, 0.1) is 5.92 Å². The molecule has 2 heteroatoms. The Labute approximate surface area is 178 Å². The van der Waals surface area contributed by atoms with Crippen LogP contribution in [0.25, 0.3) is 0 Å². The van der Waals surface area contributed by atoms with Crippen molar-refractivity contribution in [2.75, 3.05) is 0 Å². The summed E-state index contributed by atoms with van der Waals surface area (Å²) in [6, 6.07) is 30.4. The summed E-state index contributed by atoms with van der Waals surface area (Å²) in [6.45, 7) is 4.52. The summed E-state index contributed by atoms with van der Waals surface area (Å²) in [4.78, 5) is 4.01. The summed E-state index contributed by atoms with van der Waals surface area (Å²) in [5, 5.41) is 0. The summed E-state index contributed by atoms with van der Waals surface area (Å²) in [7, 11) is -0.106. The van der Waals surface area contributed by atoms with E-state index in [9.17, 15) is 0 Å². The Morgan fingerprint density at radius 1 is 0.655 bits per heavy atom. The van der Waals surface area contributed by atoms with Crippen molar-refractivity contribution in [2.45, 2.75) is 66.2 Å². The van der Waals surface area contributed by atoms with Gasteiger partial charge in [-0.1, -0.05) is 55.7 Å². The Hall–Kier alpha value is -2.19. The molecule has 0 heterocycles. The molecule has 3 aromatic carbocycles. The third kappa shape index (κ3) is 4.87. The molecule has 3 aromatic rings. The summed E-state index contributed by atoms with van der Waals surface area (Å²) in [5.74, 6) is 1.63. The lowest BCUT2D eigenvalue weighted by molar-refractivity contribution is 0.0252. The second-order valence-electron chi connectivity index (χ2n) is 8.44. The molecule has 0 saturated heterocycles. The highest BCUT2D eigenvalue weighted by molar-refractivity contribution is 7.97. The van der Waals surface area contributed by atoms with Gasteiger partial charge < -0.3 is 4.74 Å². The summed E-state index contributed by atoms with van der Waals surface area (Å²) in [5.41, 5.74) is -0.109. The summed E-state index contributed by atoms with van der Waals surface area (Å²) >= 11 is 0. The van der Waals surface area contributed by atoms with E-state index in [0.717, 1.165) is 5.75 Å². The molecule has 0 spiro atoms. The average molecular weight is 404 g/mol. The Balaban J connectivity index is 1.58. The van der Waals surface area contributed by atoms with Crippen molar-refractivity contribution < 1.29 is 4.74 Å². The largest absolute Gasteiger partial charge is 0.488 e. The van der Waals surface area contributed by atoms with Gasteiger partial charge in [0.1, 0.15) is 11.4 Å². The minimum atomic E-state index is -0.109. The third-order valence-electron chi connectivity index (χ3n) is 5.99. The normalized spacial score (nSPS) is 15.4. The number of hydrogen-bond donors (Lipinski definition) is 0. The van der Waals surface area contributed by atoms with Crippen molar-refractivity contribution in [1.82, 2.24) is 0 Å². The molecular weight excluding hydrogens is 372 g/mol. The van der Waals surface area contributed by atoms with Gasteiger partial charge in [-0.05, 0) is 81.1 Å². The maximum Gasteiger partial charge on any atom is 0.166 e. The highest BCUT2D eigenvalue weighted by Crippen LogP contribution is 2.37. The molecule has 0 amide bonds. The summed E-state index contributed by atoms with van der Waals surface area (Å²) in [6.07, 6.45) is 6.64. The molecule has 150 valence electrons. The van der Waals surface area contributed by atoms with Crippen LogP contribution in [0.15, 0.2) is 99.6 Å². The van der Waals surface area contributed by atoms with Crippen molar-refractivity contribution in [3.63, 3.8) is 0 Å². The molecule has 0 aromatic heterocycles. The van der Waals surface area contributed by atoms with E-state index in [4.69, 9.17) is 4.74 Å². The van der Waals surface area contributed by atoms with Crippen LogP contribution in [0.2, 0.25) is 0 Å². The Morgan fingerprint density at radius 2 is 1.14 bits per heavy atom. The van der Waals surface area contributed by atoms with E-state index in [1.54, 1.807) is 0 Å². The van der Waals surface area contributed by atoms with Gasteiger partial charge in [-0.3, -0.25) is 0 Å². The molecule has 0 N–H and O–H groups in total. The zero-order valence-electron chi connectivity index (χ0n) is 17.5. The molecule has 0 radical (unpaired) electrons. The fourth-order valence-electron chi connectivity index (χ4n) is 4.35. The minimum absolute atomic E-state index is 0.106. The van der Waals surface area contributed by atoms with E-state index < -0.39 is 0 Å². The van der Waals surface area contributed by atoms with E-state index in [-0.39, 0.29) is 16.5 Å². The molecule has 4 rings (SSSR count). The molecule has 0 atom stereocenters. The maximum absolute atomic E-state index is 6.49. The lowest BCUT2D eigenvalue weighted by Gasteiger charge is -2.37. The maximum atomic E-state index is 6.49. The first-order valence-corrected chi connectivity index (χ1v) is 12.0. The van der Waals surface area contributed by atoms with E-state index in [0.29, 0.717) is 5.92 Å². The van der Waals surface area contributed by atoms with Crippen LogP contribution in [0.1, 0.15) is 46.0 Å². The van der Waals surface area contributed by atoms with Crippen LogP contribution < -0.4 is 4.74 Å².